The highest BCUT2D eigenvalue weighted by Gasteiger charge is 2.32. The second-order valence-corrected chi connectivity index (χ2v) is 10.7. The lowest BCUT2D eigenvalue weighted by Crippen LogP contribution is -2.30. The number of carbonyl (C=O) groups is 1. The highest BCUT2D eigenvalue weighted by molar-refractivity contribution is 5.98. The summed E-state index contributed by atoms with van der Waals surface area (Å²) in [6.07, 6.45) is 1.68. The lowest BCUT2D eigenvalue weighted by Gasteiger charge is -2.27. The Kier molecular flexibility index (Phi) is 7.04. The Hall–Kier alpha value is -2.61. The van der Waals surface area contributed by atoms with Crippen molar-refractivity contribution in [3.05, 3.63) is 58.2 Å². The van der Waals surface area contributed by atoms with E-state index in [0.29, 0.717) is 18.0 Å². The monoisotopic (exact) mass is 477 g/mol. The van der Waals surface area contributed by atoms with Crippen molar-refractivity contribution in [3.8, 4) is 0 Å². The van der Waals surface area contributed by atoms with E-state index in [2.05, 4.69) is 25.8 Å². The van der Waals surface area contributed by atoms with Crippen LogP contribution >= 0.6 is 0 Å². The van der Waals surface area contributed by atoms with Gasteiger partial charge in [-0.3, -0.25) is 14.2 Å². The second kappa shape index (κ2) is 9.21. The van der Waals surface area contributed by atoms with Crippen molar-refractivity contribution in [1.29, 1.82) is 0 Å². The van der Waals surface area contributed by atoms with Gasteiger partial charge in [0.05, 0.1) is 11.2 Å². The molecule has 0 atom stereocenters. The lowest BCUT2D eigenvalue weighted by atomic mass is 9.85. The van der Waals surface area contributed by atoms with Crippen LogP contribution in [0.25, 0.3) is 6.08 Å². The molecule has 1 fully saturated rings. The largest absolute Gasteiger partial charge is 0.416 e. The van der Waals surface area contributed by atoms with E-state index in [1.54, 1.807) is 13.8 Å². The summed E-state index contributed by atoms with van der Waals surface area (Å²) < 4.78 is 44.1. The van der Waals surface area contributed by atoms with Gasteiger partial charge in [-0.2, -0.15) is 18.2 Å². The van der Waals surface area contributed by atoms with Crippen molar-refractivity contribution in [2.24, 2.45) is 18.0 Å². The van der Waals surface area contributed by atoms with E-state index in [4.69, 9.17) is 0 Å². The molecule has 2 aromatic rings. The van der Waals surface area contributed by atoms with E-state index in [9.17, 15) is 23.1 Å². The number of rotatable bonds is 5. The number of alkyl halides is 3. The molecule has 1 aliphatic carbocycles. The molecular formula is C26H34F3N3O2. The van der Waals surface area contributed by atoms with Crippen LogP contribution in [0.5, 0.6) is 0 Å². The Labute approximate surface area is 198 Å². The van der Waals surface area contributed by atoms with Gasteiger partial charge >= 0.3 is 6.18 Å². The molecule has 1 amide bonds. The summed E-state index contributed by atoms with van der Waals surface area (Å²) in [7, 11) is 1.92. The topological polar surface area (TPSA) is 59.5 Å². The first kappa shape index (κ1) is 26.0. The van der Waals surface area contributed by atoms with Gasteiger partial charge < -0.3 is 5.11 Å². The zero-order valence-electron chi connectivity index (χ0n) is 20.7. The van der Waals surface area contributed by atoms with E-state index >= 15 is 0 Å². The standard InChI is InChI=1S/C26H34F3N3O2/c1-24(2,3)21-15-22(32(31(21)6)16-17-8-7-9-17)30-23(33)20-14-19(26(27,28)29)11-10-18(20)12-13-25(4,5)34/h10-15,17,34H,7-9,16H2,1-6H3/b13-12+,30-22+. The maximum atomic E-state index is 13.4. The van der Waals surface area contributed by atoms with Crippen LogP contribution in [0.1, 0.15) is 81.1 Å². The molecule has 0 radical (unpaired) electrons. The molecule has 0 bridgehead atoms. The van der Waals surface area contributed by atoms with Gasteiger partial charge in [-0.1, -0.05) is 45.4 Å². The number of amides is 1. The highest BCUT2D eigenvalue weighted by atomic mass is 19.4. The molecule has 1 aromatic heterocycles. The first-order valence-electron chi connectivity index (χ1n) is 11.6. The fourth-order valence-electron chi connectivity index (χ4n) is 4.02. The molecule has 1 saturated carbocycles. The van der Waals surface area contributed by atoms with Crippen LogP contribution < -0.4 is 5.49 Å². The summed E-state index contributed by atoms with van der Waals surface area (Å²) in [5, 5.41) is 10.0. The Morgan fingerprint density at radius 3 is 2.29 bits per heavy atom. The van der Waals surface area contributed by atoms with Gasteiger partial charge in [0, 0.05) is 36.3 Å². The number of hydrogen-bond donors (Lipinski definition) is 1. The van der Waals surface area contributed by atoms with E-state index in [-0.39, 0.29) is 16.5 Å². The van der Waals surface area contributed by atoms with Crippen LogP contribution in [0.3, 0.4) is 0 Å². The molecular weight excluding hydrogens is 443 g/mol. The van der Waals surface area contributed by atoms with Gasteiger partial charge in [-0.15, -0.1) is 0 Å². The van der Waals surface area contributed by atoms with Crippen LogP contribution in [-0.2, 0) is 25.2 Å². The Bertz CT molecular complexity index is 1150. The quantitative estimate of drug-likeness (QED) is 0.621. The molecule has 0 aliphatic heterocycles. The number of nitrogens with zero attached hydrogens (tertiary/aromatic N) is 3. The molecule has 186 valence electrons. The van der Waals surface area contributed by atoms with E-state index in [1.807, 2.05) is 22.5 Å². The fraction of sp³-hybridized carbons (Fsp3) is 0.538. The fourth-order valence-corrected chi connectivity index (χ4v) is 4.02. The maximum absolute atomic E-state index is 13.4. The molecule has 1 heterocycles. The zero-order chi connectivity index (χ0) is 25.5. The number of carbonyl (C=O) groups excluding carboxylic acids is 1. The number of aromatic nitrogens is 2. The van der Waals surface area contributed by atoms with Gasteiger partial charge in [0.15, 0.2) is 5.49 Å². The molecule has 3 rings (SSSR count). The molecule has 1 aliphatic rings. The summed E-state index contributed by atoms with van der Waals surface area (Å²) in [5.41, 5.74) is -0.800. The van der Waals surface area contributed by atoms with Gasteiger partial charge in [-0.25, -0.2) is 0 Å². The minimum atomic E-state index is -4.59. The number of benzene rings is 1. The predicted octanol–water partition coefficient (Wildman–Crippen LogP) is 5.47. The zero-order valence-corrected chi connectivity index (χ0v) is 20.7. The minimum absolute atomic E-state index is 0.160. The lowest BCUT2D eigenvalue weighted by molar-refractivity contribution is -0.137. The predicted molar refractivity (Wildman–Crippen MR) is 126 cm³/mol. The van der Waals surface area contributed by atoms with E-state index in [0.717, 1.165) is 30.7 Å². The number of hydrogen-bond acceptors (Lipinski definition) is 2. The molecule has 1 N–H and O–H groups in total. The van der Waals surface area contributed by atoms with Crippen LogP contribution in [0.15, 0.2) is 35.3 Å². The number of aliphatic hydroxyl groups is 1. The first-order valence-corrected chi connectivity index (χ1v) is 11.6. The molecule has 0 spiro atoms. The summed E-state index contributed by atoms with van der Waals surface area (Å²) in [6, 6.07) is 4.84. The van der Waals surface area contributed by atoms with Gasteiger partial charge in [0.25, 0.3) is 5.91 Å². The summed E-state index contributed by atoms with van der Waals surface area (Å²) >= 11 is 0. The molecule has 8 heteroatoms. The minimum Gasteiger partial charge on any atom is -0.386 e. The molecule has 0 saturated heterocycles. The van der Waals surface area contributed by atoms with Crippen LogP contribution in [0, 0.1) is 5.92 Å². The average Bonchev–Trinajstić information content (AvgIpc) is 2.97. The summed E-state index contributed by atoms with van der Waals surface area (Å²) in [6.45, 7) is 9.98. The highest BCUT2D eigenvalue weighted by Crippen LogP contribution is 2.32. The first-order chi connectivity index (χ1) is 15.6. The van der Waals surface area contributed by atoms with Crippen molar-refractivity contribution in [2.75, 3.05) is 0 Å². The molecule has 1 aromatic carbocycles. The van der Waals surface area contributed by atoms with Crippen LogP contribution in [0.4, 0.5) is 13.2 Å². The third kappa shape index (κ3) is 6.09. The van der Waals surface area contributed by atoms with Crippen LogP contribution in [-0.4, -0.2) is 26.0 Å². The maximum Gasteiger partial charge on any atom is 0.416 e. The summed E-state index contributed by atoms with van der Waals surface area (Å²) in [5.74, 6) is -0.260. The van der Waals surface area contributed by atoms with Crippen molar-refractivity contribution in [2.45, 2.75) is 77.6 Å². The van der Waals surface area contributed by atoms with Crippen molar-refractivity contribution < 1.29 is 23.1 Å². The summed E-state index contributed by atoms with van der Waals surface area (Å²) in [4.78, 5) is 17.6. The van der Waals surface area contributed by atoms with Crippen molar-refractivity contribution in [3.63, 3.8) is 0 Å². The van der Waals surface area contributed by atoms with Gasteiger partial charge in [-0.05, 0) is 50.3 Å². The Morgan fingerprint density at radius 1 is 1.15 bits per heavy atom. The van der Waals surface area contributed by atoms with Crippen molar-refractivity contribution in [1.82, 2.24) is 9.36 Å². The second-order valence-electron chi connectivity index (χ2n) is 10.7. The van der Waals surface area contributed by atoms with Gasteiger partial charge in [0.2, 0.25) is 0 Å². The Balaban J connectivity index is 2.15. The third-order valence-electron chi connectivity index (χ3n) is 6.16. The SMILES string of the molecule is Cn1c(C(C)(C)C)c/c(=N\C(=O)c2cc(C(F)(F)F)ccc2/C=C/C(C)(C)O)n1CC1CCC1. The van der Waals surface area contributed by atoms with E-state index < -0.39 is 23.2 Å². The van der Waals surface area contributed by atoms with E-state index in [1.165, 1.54) is 24.6 Å². The number of halogens is 3. The Morgan fingerprint density at radius 2 is 1.79 bits per heavy atom. The average molecular weight is 478 g/mol. The molecule has 5 nitrogen and oxygen atoms in total. The normalized spacial score (nSPS) is 16.4. The van der Waals surface area contributed by atoms with Crippen LogP contribution in [0.2, 0.25) is 0 Å². The molecule has 0 unspecified atom stereocenters. The van der Waals surface area contributed by atoms with Gasteiger partial charge in [0.1, 0.15) is 0 Å². The third-order valence-corrected chi connectivity index (χ3v) is 6.16. The van der Waals surface area contributed by atoms with Crippen molar-refractivity contribution >= 4 is 12.0 Å². The smallest absolute Gasteiger partial charge is 0.386 e. The molecule has 34 heavy (non-hydrogen) atoms.